The summed E-state index contributed by atoms with van der Waals surface area (Å²) < 4.78 is 6.54. The van der Waals surface area contributed by atoms with Gasteiger partial charge in [0.25, 0.3) is 0 Å². The molecule has 1 unspecified atom stereocenters. The normalized spacial score (nSPS) is 12.9. The van der Waals surface area contributed by atoms with Crippen LogP contribution in [-0.4, -0.2) is 6.61 Å². The maximum absolute atomic E-state index is 5.66. The highest BCUT2D eigenvalue weighted by molar-refractivity contribution is 9.10. The van der Waals surface area contributed by atoms with E-state index < -0.39 is 0 Å². The van der Waals surface area contributed by atoms with Crippen LogP contribution in [0.15, 0.2) is 22.7 Å². The van der Waals surface area contributed by atoms with Gasteiger partial charge in [0, 0.05) is 0 Å². The van der Waals surface area contributed by atoms with E-state index in [0.29, 0.717) is 12.5 Å². The number of halogens is 1. The first-order valence-electron chi connectivity index (χ1n) is 4.86. The van der Waals surface area contributed by atoms with Crippen molar-refractivity contribution in [2.24, 2.45) is 11.7 Å². The Hall–Kier alpha value is -0.190. The lowest BCUT2D eigenvalue weighted by atomic mass is 10.2. The van der Waals surface area contributed by atoms with E-state index >= 15 is 0 Å². The maximum Gasteiger partial charge on any atom is 0.133 e. The molecular formula is C11H16BrNOS. The van der Waals surface area contributed by atoms with Gasteiger partial charge in [-0.2, -0.15) is 12.6 Å². The Kier molecular flexibility index (Phi) is 4.96. The quantitative estimate of drug-likeness (QED) is 0.658. The third kappa shape index (κ3) is 4.05. The molecule has 2 N–H and O–H groups in total. The van der Waals surface area contributed by atoms with E-state index in [1.54, 1.807) is 0 Å². The molecule has 0 spiro atoms. The molecule has 84 valence electrons. The fourth-order valence-corrected chi connectivity index (χ4v) is 1.75. The largest absolute Gasteiger partial charge is 0.492 e. The van der Waals surface area contributed by atoms with Crippen LogP contribution in [0.2, 0.25) is 0 Å². The van der Waals surface area contributed by atoms with Gasteiger partial charge < -0.3 is 10.5 Å². The van der Waals surface area contributed by atoms with Crippen LogP contribution < -0.4 is 10.5 Å². The minimum Gasteiger partial charge on any atom is -0.492 e. The minimum atomic E-state index is -0.250. The molecular weight excluding hydrogens is 274 g/mol. The molecule has 0 aliphatic carbocycles. The van der Waals surface area contributed by atoms with Gasteiger partial charge in [0.05, 0.1) is 16.5 Å². The average Bonchev–Trinajstić information content (AvgIpc) is 2.15. The lowest BCUT2D eigenvalue weighted by Crippen LogP contribution is -2.06. The zero-order valence-electron chi connectivity index (χ0n) is 8.90. The predicted molar refractivity (Wildman–Crippen MR) is 70.4 cm³/mol. The first-order valence-corrected chi connectivity index (χ1v) is 6.17. The Balaban J connectivity index is 2.75. The zero-order chi connectivity index (χ0) is 11.4. The second-order valence-corrected chi connectivity index (χ2v) is 5.25. The van der Waals surface area contributed by atoms with Crippen LogP contribution in [0.5, 0.6) is 5.75 Å². The van der Waals surface area contributed by atoms with Crippen molar-refractivity contribution in [3.63, 3.8) is 0 Å². The summed E-state index contributed by atoms with van der Waals surface area (Å²) in [5, 5.41) is -0.250. The van der Waals surface area contributed by atoms with Crippen LogP contribution >= 0.6 is 28.6 Å². The fourth-order valence-electron chi connectivity index (χ4n) is 1.07. The van der Waals surface area contributed by atoms with Gasteiger partial charge >= 0.3 is 0 Å². The van der Waals surface area contributed by atoms with Crippen molar-refractivity contribution in [3.05, 3.63) is 28.2 Å². The van der Waals surface area contributed by atoms with Crippen LogP contribution in [0.4, 0.5) is 0 Å². The minimum absolute atomic E-state index is 0.250. The third-order valence-corrected chi connectivity index (χ3v) is 2.79. The molecule has 1 atom stereocenters. The van der Waals surface area contributed by atoms with E-state index in [1.165, 1.54) is 0 Å². The predicted octanol–water partition coefficient (Wildman–Crippen LogP) is 3.37. The summed E-state index contributed by atoms with van der Waals surface area (Å²) in [6.07, 6.45) is 0. The maximum atomic E-state index is 5.66. The van der Waals surface area contributed by atoms with E-state index in [9.17, 15) is 0 Å². The summed E-state index contributed by atoms with van der Waals surface area (Å²) in [6.45, 7) is 4.95. The smallest absolute Gasteiger partial charge is 0.133 e. The molecule has 0 fully saturated rings. The Bertz CT molecular complexity index is 328. The van der Waals surface area contributed by atoms with Gasteiger partial charge in [-0.1, -0.05) is 19.9 Å². The molecule has 0 heterocycles. The number of benzene rings is 1. The van der Waals surface area contributed by atoms with Crippen molar-refractivity contribution in [1.29, 1.82) is 0 Å². The van der Waals surface area contributed by atoms with Crippen LogP contribution in [0.3, 0.4) is 0 Å². The van der Waals surface area contributed by atoms with E-state index in [1.807, 2.05) is 18.2 Å². The molecule has 4 heteroatoms. The summed E-state index contributed by atoms with van der Waals surface area (Å²) in [4.78, 5) is 0. The Labute approximate surface area is 105 Å². The van der Waals surface area contributed by atoms with Crippen molar-refractivity contribution in [1.82, 2.24) is 0 Å². The van der Waals surface area contributed by atoms with E-state index in [0.717, 1.165) is 15.8 Å². The van der Waals surface area contributed by atoms with Gasteiger partial charge in [0.1, 0.15) is 5.75 Å². The molecule has 0 saturated heterocycles. The number of nitrogens with two attached hydrogens (primary N) is 1. The molecule has 0 aromatic heterocycles. The molecule has 2 nitrogen and oxygen atoms in total. The van der Waals surface area contributed by atoms with Gasteiger partial charge in [-0.3, -0.25) is 0 Å². The molecule has 0 aliphatic heterocycles. The third-order valence-electron chi connectivity index (χ3n) is 1.87. The molecule has 15 heavy (non-hydrogen) atoms. The van der Waals surface area contributed by atoms with Gasteiger partial charge in [-0.25, -0.2) is 0 Å². The second kappa shape index (κ2) is 5.77. The standard InChI is InChI=1S/C11H16BrNOS/c1-7(2)6-14-10-4-3-8(11(13)15)5-9(10)12/h3-5,7,11,15H,6,13H2,1-2H3. The van der Waals surface area contributed by atoms with Gasteiger partial charge in [-0.05, 0) is 39.5 Å². The topological polar surface area (TPSA) is 35.2 Å². The molecule has 1 aromatic carbocycles. The molecule has 1 aromatic rings. The molecule has 0 bridgehead atoms. The zero-order valence-corrected chi connectivity index (χ0v) is 11.4. The highest BCUT2D eigenvalue weighted by atomic mass is 79.9. The fraction of sp³-hybridized carbons (Fsp3) is 0.455. The number of ether oxygens (including phenoxy) is 1. The SMILES string of the molecule is CC(C)COc1ccc(C(N)S)cc1Br. The monoisotopic (exact) mass is 289 g/mol. The Morgan fingerprint density at radius 3 is 2.60 bits per heavy atom. The molecule has 0 aliphatic rings. The van der Waals surface area contributed by atoms with Crippen molar-refractivity contribution < 1.29 is 4.74 Å². The molecule has 0 radical (unpaired) electrons. The van der Waals surface area contributed by atoms with E-state index in [-0.39, 0.29) is 5.37 Å². The van der Waals surface area contributed by atoms with Gasteiger partial charge in [-0.15, -0.1) is 0 Å². The summed E-state index contributed by atoms with van der Waals surface area (Å²) in [5.41, 5.74) is 6.63. The molecule has 0 amide bonds. The van der Waals surface area contributed by atoms with E-state index in [2.05, 4.69) is 42.4 Å². The first kappa shape index (κ1) is 12.9. The Morgan fingerprint density at radius 1 is 1.47 bits per heavy atom. The van der Waals surface area contributed by atoms with Crippen LogP contribution in [0, 0.1) is 5.92 Å². The highest BCUT2D eigenvalue weighted by Crippen LogP contribution is 2.28. The molecule has 0 saturated carbocycles. The Morgan fingerprint density at radius 2 is 2.13 bits per heavy atom. The lowest BCUT2D eigenvalue weighted by Gasteiger charge is -2.12. The first-order chi connectivity index (χ1) is 7.00. The lowest BCUT2D eigenvalue weighted by molar-refractivity contribution is 0.269. The molecule has 1 rings (SSSR count). The number of hydrogen-bond donors (Lipinski definition) is 2. The number of rotatable bonds is 4. The summed E-state index contributed by atoms with van der Waals surface area (Å²) in [5.74, 6) is 1.37. The van der Waals surface area contributed by atoms with Crippen molar-refractivity contribution in [2.75, 3.05) is 6.61 Å². The summed E-state index contributed by atoms with van der Waals surface area (Å²) >= 11 is 7.62. The van der Waals surface area contributed by atoms with Gasteiger partial charge in [0.2, 0.25) is 0 Å². The van der Waals surface area contributed by atoms with Crippen LogP contribution in [0.25, 0.3) is 0 Å². The average molecular weight is 290 g/mol. The van der Waals surface area contributed by atoms with Crippen molar-refractivity contribution >= 4 is 28.6 Å². The number of hydrogen-bond acceptors (Lipinski definition) is 3. The van der Waals surface area contributed by atoms with Gasteiger partial charge in [0.15, 0.2) is 0 Å². The van der Waals surface area contributed by atoms with E-state index in [4.69, 9.17) is 10.5 Å². The van der Waals surface area contributed by atoms with Crippen LogP contribution in [-0.2, 0) is 0 Å². The van der Waals surface area contributed by atoms with Crippen molar-refractivity contribution in [3.8, 4) is 5.75 Å². The van der Waals surface area contributed by atoms with Crippen molar-refractivity contribution in [2.45, 2.75) is 19.2 Å². The highest BCUT2D eigenvalue weighted by Gasteiger charge is 2.06. The summed E-state index contributed by atoms with van der Waals surface area (Å²) in [7, 11) is 0. The summed E-state index contributed by atoms with van der Waals surface area (Å²) in [6, 6.07) is 5.78. The second-order valence-electron chi connectivity index (χ2n) is 3.84. The van der Waals surface area contributed by atoms with Crippen LogP contribution in [0.1, 0.15) is 24.8 Å². The number of thiol groups is 1.